The Morgan fingerprint density at radius 1 is 1.40 bits per heavy atom. The lowest BCUT2D eigenvalue weighted by Gasteiger charge is -2.04. The summed E-state index contributed by atoms with van der Waals surface area (Å²) < 4.78 is 1.90. The minimum atomic E-state index is -0.159. The molecule has 0 atom stereocenters. The van der Waals surface area contributed by atoms with Crippen LogP contribution in [0.2, 0.25) is 5.02 Å². The summed E-state index contributed by atoms with van der Waals surface area (Å²) in [5.74, 6) is 1.34. The molecular weight excluding hydrogens is 378 g/mol. The molecule has 6 nitrogen and oxygen atoms in total. The van der Waals surface area contributed by atoms with Crippen LogP contribution in [-0.2, 0) is 18.3 Å². The molecular formula is C16H16ClN5OS2. The van der Waals surface area contributed by atoms with E-state index in [2.05, 4.69) is 38.9 Å². The highest BCUT2D eigenvalue weighted by Crippen LogP contribution is 2.27. The lowest BCUT2D eigenvalue weighted by molar-refractivity contribution is -0.113. The van der Waals surface area contributed by atoms with Gasteiger partial charge in [-0.15, -0.1) is 21.5 Å². The van der Waals surface area contributed by atoms with E-state index in [1.54, 1.807) is 23.5 Å². The molecule has 130 valence electrons. The quantitative estimate of drug-likeness (QED) is 0.643. The maximum Gasteiger partial charge on any atom is 0.236 e. The van der Waals surface area contributed by atoms with Crippen LogP contribution in [-0.4, -0.2) is 31.4 Å². The number of carbonyl (C=O) groups excluding carboxylic acids is 1. The molecule has 3 aromatic heterocycles. The van der Waals surface area contributed by atoms with E-state index in [0.29, 0.717) is 16.0 Å². The second kappa shape index (κ2) is 7.99. The topological polar surface area (TPSA) is 72.7 Å². The molecule has 3 heterocycles. The van der Waals surface area contributed by atoms with Gasteiger partial charge < -0.3 is 9.88 Å². The molecule has 0 unspecified atom stereocenters. The van der Waals surface area contributed by atoms with Crippen LogP contribution < -0.4 is 5.32 Å². The molecule has 0 aliphatic rings. The number of nitrogens with one attached hydrogen (secondary N) is 1. The number of thioether (sulfide) groups is 1. The number of halogens is 1. The summed E-state index contributed by atoms with van der Waals surface area (Å²) in [6.07, 6.45) is 2.49. The summed E-state index contributed by atoms with van der Waals surface area (Å²) >= 11 is 8.82. The van der Waals surface area contributed by atoms with Crippen molar-refractivity contribution in [3.8, 4) is 11.4 Å². The predicted molar refractivity (Wildman–Crippen MR) is 102 cm³/mol. The number of pyridine rings is 1. The van der Waals surface area contributed by atoms with Crippen LogP contribution in [0.25, 0.3) is 11.4 Å². The first-order chi connectivity index (χ1) is 12.1. The number of aryl methyl sites for hydroxylation is 1. The van der Waals surface area contributed by atoms with Crippen molar-refractivity contribution in [3.05, 3.63) is 39.7 Å². The molecule has 3 aromatic rings. The standard InChI is InChI=1S/C16H16ClN5OS2/c1-3-12-6-10(8-24-12)15-20-21-16(22(15)2)25-9-14(23)19-13-5-4-11(17)7-18-13/h4-8H,3,9H2,1-2H3,(H,18,19,23). The maximum absolute atomic E-state index is 12.0. The van der Waals surface area contributed by atoms with Gasteiger partial charge in [-0.25, -0.2) is 4.98 Å². The minimum Gasteiger partial charge on any atom is -0.310 e. The number of thiophene rings is 1. The molecule has 0 fully saturated rings. The summed E-state index contributed by atoms with van der Waals surface area (Å²) in [5.41, 5.74) is 1.05. The molecule has 1 N–H and O–H groups in total. The van der Waals surface area contributed by atoms with Crippen molar-refractivity contribution in [3.63, 3.8) is 0 Å². The zero-order valence-corrected chi connectivity index (χ0v) is 16.1. The fourth-order valence-corrected chi connectivity index (χ4v) is 3.77. The average Bonchev–Trinajstić information content (AvgIpc) is 3.21. The van der Waals surface area contributed by atoms with Gasteiger partial charge in [0.15, 0.2) is 11.0 Å². The van der Waals surface area contributed by atoms with Crippen molar-refractivity contribution in [2.24, 2.45) is 7.05 Å². The minimum absolute atomic E-state index is 0.159. The third-order valence-electron chi connectivity index (χ3n) is 3.42. The maximum atomic E-state index is 12.0. The summed E-state index contributed by atoms with van der Waals surface area (Å²) in [7, 11) is 1.90. The van der Waals surface area contributed by atoms with E-state index in [1.807, 2.05) is 11.6 Å². The fraction of sp³-hybridized carbons (Fsp3) is 0.250. The second-order valence-electron chi connectivity index (χ2n) is 5.22. The van der Waals surface area contributed by atoms with Crippen molar-refractivity contribution in [1.29, 1.82) is 0 Å². The third-order valence-corrected chi connectivity index (χ3v) is 5.75. The number of nitrogens with zero attached hydrogens (tertiary/aromatic N) is 4. The molecule has 3 rings (SSSR count). The van der Waals surface area contributed by atoms with Crippen LogP contribution in [0.1, 0.15) is 11.8 Å². The molecule has 0 radical (unpaired) electrons. The first-order valence-corrected chi connectivity index (χ1v) is 9.82. The van der Waals surface area contributed by atoms with Crippen LogP contribution in [0.5, 0.6) is 0 Å². The van der Waals surface area contributed by atoms with Gasteiger partial charge in [0, 0.05) is 29.1 Å². The number of carbonyl (C=O) groups is 1. The van der Waals surface area contributed by atoms with E-state index in [0.717, 1.165) is 17.8 Å². The van der Waals surface area contributed by atoms with E-state index in [4.69, 9.17) is 11.6 Å². The van der Waals surface area contributed by atoms with Gasteiger partial charge in [-0.1, -0.05) is 30.3 Å². The van der Waals surface area contributed by atoms with Crippen LogP contribution in [0.3, 0.4) is 0 Å². The molecule has 0 aliphatic carbocycles. The normalized spacial score (nSPS) is 10.8. The highest BCUT2D eigenvalue weighted by atomic mass is 35.5. The Morgan fingerprint density at radius 3 is 2.92 bits per heavy atom. The van der Waals surface area contributed by atoms with E-state index >= 15 is 0 Å². The molecule has 9 heteroatoms. The van der Waals surface area contributed by atoms with E-state index in [1.165, 1.54) is 22.8 Å². The van der Waals surface area contributed by atoms with Gasteiger partial charge in [-0.05, 0) is 24.6 Å². The third kappa shape index (κ3) is 4.39. The number of rotatable bonds is 6. The molecule has 0 bridgehead atoms. The molecule has 0 saturated carbocycles. The summed E-state index contributed by atoms with van der Waals surface area (Å²) in [5, 5.41) is 14.5. The lowest BCUT2D eigenvalue weighted by atomic mass is 10.2. The van der Waals surface area contributed by atoms with E-state index in [-0.39, 0.29) is 11.7 Å². The van der Waals surface area contributed by atoms with Crippen LogP contribution in [0.4, 0.5) is 5.82 Å². The lowest BCUT2D eigenvalue weighted by Crippen LogP contribution is -2.15. The first-order valence-electron chi connectivity index (χ1n) is 7.58. The molecule has 0 aliphatic heterocycles. The Labute approximate surface area is 158 Å². The van der Waals surface area contributed by atoms with Gasteiger partial charge in [0.2, 0.25) is 5.91 Å². The number of anilines is 1. The number of amides is 1. The molecule has 25 heavy (non-hydrogen) atoms. The Morgan fingerprint density at radius 2 is 2.24 bits per heavy atom. The van der Waals surface area contributed by atoms with E-state index in [9.17, 15) is 4.79 Å². The number of aromatic nitrogens is 4. The zero-order chi connectivity index (χ0) is 17.8. The fourth-order valence-electron chi connectivity index (χ4n) is 2.13. The second-order valence-corrected chi connectivity index (χ2v) is 7.59. The van der Waals surface area contributed by atoms with Crippen molar-refractivity contribution in [1.82, 2.24) is 19.7 Å². The van der Waals surface area contributed by atoms with Crippen molar-refractivity contribution in [2.45, 2.75) is 18.5 Å². The Bertz CT molecular complexity index is 875. The summed E-state index contributed by atoms with van der Waals surface area (Å²) in [6, 6.07) is 5.47. The van der Waals surface area contributed by atoms with Gasteiger partial charge >= 0.3 is 0 Å². The summed E-state index contributed by atoms with van der Waals surface area (Å²) in [6.45, 7) is 2.13. The van der Waals surface area contributed by atoms with Gasteiger partial charge in [0.05, 0.1) is 10.8 Å². The molecule has 0 saturated heterocycles. The average molecular weight is 394 g/mol. The Kier molecular flexibility index (Phi) is 5.72. The Balaban J connectivity index is 1.61. The highest BCUT2D eigenvalue weighted by Gasteiger charge is 2.14. The highest BCUT2D eigenvalue weighted by molar-refractivity contribution is 7.99. The Hall–Kier alpha value is -1.90. The summed E-state index contributed by atoms with van der Waals surface area (Å²) in [4.78, 5) is 17.4. The van der Waals surface area contributed by atoms with Crippen LogP contribution in [0, 0.1) is 0 Å². The largest absolute Gasteiger partial charge is 0.310 e. The van der Waals surface area contributed by atoms with Crippen LogP contribution >= 0.6 is 34.7 Å². The molecule has 0 aromatic carbocycles. The van der Waals surface area contributed by atoms with Crippen molar-refractivity contribution in [2.75, 3.05) is 11.1 Å². The predicted octanol–water partition coefficient (Wildman–Crippen LogP) is 3.89. The van der Waals surface area contributed by atoms with Gasteiger partial charge in [0.25, 0.3) is 0 Å². The van der Waals surface area contributed by atoms with Crippen molar-refractivity contribution < 1.29 is 4.79 Å². The first kappa shape index (κ1) is 17.9. The van der Waals surface area contributed by atoms with E-state index < -0.39 is 0 Å². The van der Waals surface area contributed by atoms with Crippen LogP contribution in [0.15, 0.2) is 34.9 Å². The molecule has 0 spiro atoms. The SMILES string of the molecule is CCc1cc(-c2nnc(SCC(=O)Nc3ccc(Cl)cn3)n2C)cs1. The van der Waals surface area contributed by atoms with Gasteiger partial charge in [-0.2, -0.15) is 0 Å². The monoisotopic (exact) mass is 393 g/mol. The van der Waals surface area contributed by atoms with Gasteiger partial charge in [0.1, 0.15) is 5.82 Å². The number of hydrogen-bond acceptors (Lipinski definition) is 6. The molecule has 1 amide bonds. The van der Waals surface area contributed by atoms with Gasteiger partial charge in [-0.3, -0.25) is 4.79 Å². The zero-order valence-electron chi connectivity index (χ0n) is 13.7. The number of hydrogen-bond donors (Lipinski definition) is 1. The smallest absolute Gasteiger partial charge is 0.236 e. The van der Waals surface area contributed by atoms with Crippen molar-refractivity contribution >= 4 is 46.4 Å².